The molecule has 0 fully saturated rings. The lowest BCUT2D eigenvalue weighted by atomic mass is 10.1. The molecule has 182 valence electrons. The summed E-state index contributed by atoms with van der Waals surface area (Å²) in [6.07, 6.45) is 1.30. The van der Waals surface area contributed by atoms with Gasteiger partial charge in [-0.25, -0.2) is 4.79 Å². The maximum absolute atomic E-state index is 12.7. The van der Waals surface area contributed by atoms with E-state index in [0.717, 1.165) is 0 Å². The van der Waals surface area contributed by atoms with Crippen LogP contribution in [-0.4, -0.2) is 31.5 Å². The number of ether oxygens (including phenoxy) is 2. The van der Waals surface area contributed by atoms with Gasteiger partial charge in [0.15, 0.2) is 6.61 Å². The summed E-state index contributed by atoms with van der Waals surface area (Å²) in [6, 6.07) is 19.0. The predicted octanol–water partition coefficient (Wildman–Crippen LogP) is 5.34. The molecule has 0 spiro atoms. The average Bonchev–Trinajstić information content (AvgIpc) is 2.88. The van der Waals surface area contributed by atoms with Crippen molar-refractivity contribution in [3.05, 3.63) is 93.5 Å². The first-order valence-corrected chi connectivity index (χ1v) is 11.1. The Morgan fingerprint density at radius 3 is 2.17 bits per heavy atom. The molecule has 3 rings (SSSR count). The number of carbonyl (C=O) groups excluding carboxylic acids is 3. The first kappa shape index (κ1) is 26.3. The molecule has 0 aromatic heterocycles. The van der Waals surface area contributed by atoms with E-state index in [0.29, 0.717) is 32.5 Å². The molecule has 0 heterocycles. The molecule has 0 aliphatic rings. The Morgan fingerprint density at radius 1 is 0.917 bits per heavy atom. The second-order valence-corrected chi connectivity index (χ2v) is 8.09. The maximum Gasteiger partial charge on any atom is 0.337 e. The maximum atomic E-state index is 12.7. The molecule has 2 N–H and O–H groups in total. The standard InChI is InChI=1S/C26H19Cl2N3O5/c1-35-26(34)16-2-7-22(8-3-16)31-25(33)18(14-29)12-17-13-20(28)6-11-23(17)36-15-24(32)30-21-9-4-19(27)5-10-21/h2-13H,15H2,1H3,(H,30,32)(H,31,33)/b18-12+. The Labute approximate surface area is 217 Å². The predicted molar refractivity (Wildman–Crippen MR) is 137 cm³/mol. The molecular weight excluding hydrogens is 505 g/mol. The van der Waals surface area contributed by atoms with Crippen molar-refractivity contribution in [1.29, 1.82) is 5.26 Å². The lowest BCUT2D eigenvalue weighted by molar-refractivity contribution is -0.118. The molecule has 0 aliphatic carbocycles. The largest absolute Gasteiger partial charge is 0.483 e. The summed E-state index contributed by atoms with van der Waals surface area (Å²) in [5.74, 6) is -1.37. The third kappa shape index (κ3) is 7.34. The van der Waals surface area contributed by atoms with Crippen molar-refractivity contribution in [2.45, 2.75) is 0 Å². The first-order chi connectivity index (χ1) is 17.3. The molecule has 0 unspecified atom stereocenters. The number of hydrogen-bond donors (Lipinski definition) is 2. The Morgan fingerprint density at radius 2 is 1.53 bits per heavy atom. The van der Waals surface area contributed by atoms with Crippen molar-refractivity contribution >= 4 is 58.4 Å². The molecule has 0 saturated heterocycles. The van der Waals surface area contributed by atoms with Gasteiger partial charge in [0.1, 0.15) is 17.4 Å². The zero-order valence-corrected chi connectivity index (χ0v) is 20.4. The molecule has 0 aliphatic heterocycles. The second-order valence-electron chi connectivity index (χ2n) is 7.22. The Bertz CT molecular complexity index is 1350. The first-order valence-electron chi connectivity index (χ1n) is 10.4. The van der Waals surface area contributed by atoms with Gasteiger partial charge in [0.25, 0.3) is 11.8 Å². The number of nitrogens with zero attached hydrogens (tertiary/aromatic N) is 1. The van der Waals surface area contributed by atoms with Gasteiger partial charge in [-0.3, -0.25) is 9.59 Å². The number of nitriles is 1. The van der Waals surface area contributed by atoms with E-state index in [2.05, 4.69) is 15.4 Å². The quantitative estimate of drug-likeness (QED) is 0.233. The van der Waals surface area contributed by atoms with E-state index in [9.17, 15) is 19.6 Å². The van der Waals surface area contributed by atoms with Crippen LogP contribution in [0.5, 0.6) is 5.75 Å². The van der Waals surface area contributed by atoms with Crippen LogP contribution >= 0.6 is 23.2 Å². The lowest BCUT2D eigenvalue weighted by Crippen LogP contribution is -2.20. The van der Waals surface area contributed by atoms with E-state index in [1.165, 1.54) is 49.6 Å². The van der Waals surface area contributed by atoms with E-state index < -0.39 is 17.8 Å². The van der Waals surface area contributed by atoms with E-state index in [4.69, 9.17) is 27.9 Å². The van der Waals surface area contributed by atoms with Crippen LogP contribution in [0.25, 0.3) is 6.08 Å². The number of anilines is 2. The number of benzene rings is 3. The molecule has 3 aromatic carbocycles. The third-order valence-electron chi connectivity index (χ3n) is 4.69. The minimum Gasteiger partial charge on any atom is -0.483 e. The van der Waals surface area contributed by atoms with Crippen molar-refractivity contribution in [2.75, 3.05) is 24.4 Å². The number of methoxy groups -OCH3 is 1. The third-order valence-corrected chi connectivity index (χ3v) is 5.17. The van der Waals surface area contributed by atoms with Crippen LogP contribution in [0.2, 0.25) is 10.0 Å². The number of esters is 1. The summed E-state index contributed by atoms with van der Waals surface area (Å²) in [7, 11) is 1.27. The fourth-order valence-corrected chi connectivity index (χ4v) is 3.25. The van der Waals surface area contributed by atoms with Crippen LogP contribution in [0.4, 0.5) is 11.4 Å². The zero-order valence-electron chi connectivity index (χ0n) is 18.9. The average molecular weight is 524 g/mol. The lowest BCUT2D eigenvalue weighted by Gasteiger charge is -2.11. The molecule has 0 saturated carbocycles. The van der Waals surface area contributed by atoms with Gasteiger partial charge in [-0.15, -0.1) is 0 Å². The van der Waals surface area contributed by atoms with Crippen LogP contribution in [0.15, 0.2) is 72.3 Å². The van der Waals surface area contributed by atoms with E-state index >= 15 is 0 Å². The molecule has 0 radical (unpaired) electrons. The molecular formula is C26H19Cl2N3O5. The number of rotatable bonds is 8. The number of nitrogens with one attached hydrogen (secondary N) is 2. The monoisotopic (exact) mass is 523 g/mol. The van der Waals surface area contributed by atoms with Gasteiger partial charge in [-0.1, -0.05) is 23.2 Å². The van der Waals surface area contributed by atoms with Crippen LogP contribution in [0.1, 0.15) is 15.9 Å². The number of amides is 2. The van der Waals surface area contributed by atoms with Gasteiger partial charge >= 0.3 is 5.97 Å². The van der Waals surface area contributed by atoms with Crippen LogP contribution < -0.4 is 15.4 Å². The minimum absolute atomic E-state index is 0.232. The van der Waals surface area contributed by atoms with Gasteiger partial charge in [-0.05, 0) is 72.8 Å². The summed E-state index contributed by atoms with van der Waals surface area (Å²) in [4.78, 5) is 36.5. The van der Waals surface area contributed by atoms with E-state index in [1.807, 2.05) is 6.07 Å². The molecule has 0 atom stereocenters. The van der Waals surface area contributed by atoms with Gasteiger partial charge in [0.2, 0.25) is 0 Å². The highest BCUT2D eigenvalue weighted by atomic mass is 35.5. The second kappa shape index (κ2) is 12.4. The van der Waals surface area contributed by atoms with Gasteiger partial charge in [0.05, 0.1) is 12.7 Å². The Kier molecular flexibility index (Phi) is 9.06. The number of halogens is 2. The highest BCUT2D eigenvalue weighted by Gasteiger charge is 2.14. The molecule has 3 aromatic rings. The van der Waals surface area contributed by atoms with Crippen molar-refractivity contribution in [3.63, 3.8) is 0 Å². The van der Waals surface area contributed by atoms with Gasteiger partial charge in [-0.2, -0.15) is 5.26 Å². The zero-order chi connectivity index (χ0) is 26.1. The van der Waals surface area contributed by atoms with Crippen LogP contribution in [0.3, 0.4) is 0 Å². The SMILES string of the molecule is COC(=O)c1ccc(NC(=O)/C(C#N)=C/c2cc(Cl)ccc2OCC(=O)Nc2ccc(Cl)cc2)cc1. The topological polar surface area (TPSA) is 118 Å². The van der Waals surface area contributed by atoms with Crippen LogP contribution in [0, 0.1) is 11.3 Å². The fourth-order valence-electron chi connectivity index (χ4n) is 2.95. The highest BCUT2D eigenvalue weighted by Crippen LogP contribution is 2.26. The van der Waals surface area contributed by atoms with Crippen molar-refractivity contribution in [1.82, 2.24) is 0 Å². The number of hydrogen-bond acceptors (Lipinski definition) is 6. The van der Waals surface area contributed by atoms with Gasteiger partial charge in [0, 0.05) is 27.0 Å². The van der Waals surface area contributed by atoms with Gasteiger partial charge < -0.3 is 20.1 Å². The summed E-state index contributed by atoms with van der Waals surface area (Å²) < 4.78 is 10.3. The van der Waals surface area contributed by atoms with Crippen molar-refractivity contribution in [3.8, 4) is 11.8 Å². The Hall–Kier alpha value is -4.32. The molecule has 0 bridgehead atoms. The minimum atomic E-state index is -0.685. The van der Waals surface area contributed by atoms with Crippen molar-refractivity contribution < 1.29 is 23.9 Å². The Balaban J connectivity index is 1.72. The molecule has 36 heavy (non-hydrogen) atoms. The van der Waals surface area contributed by atoms with Crippen LogP contribution in [-0.2, 0) is 14.3 Å². The normalized spacial score (nSPS) is 10.7. The molecule has 8 nitrogen and oxygen atoms in total. The summed E-state index contributed by atoms with van der Waals surface area (Å²) in [5, 5.41) is 15.7. The summed E-state index contributed by atoms with van der Waals surface area (Å²) in [5.41, 5.74) is 1.33. The van der Waals surface area contributed by atoms with E-state index in [-0.39, 0.29) is 17.9 Å². The summed E-state index contributed by atoms with van der Waals surface area (Å²) >= 11 is 11.9. The number of carbonyl (C=O) groups is 3. The highest BCUT2D eigenvalue weighted by molar-refractivity contribution is 6.31. The molecule has 10 heteroatoms. The summed E-state index contributed by atoms with van der Waals surface area (Å²) in [6.45, 7) is -0.328. The van der Waals surface area contributed by atoms with E-state index in [1.54, 1.807) is 30.3 Å². The smallest absolute Gasteiger partial charge is 0.337 e. The fraction of sp³-hybridized carbons (Fsp3) is 0.0769. The molecule has 2 amide bonds. The van der Waals surface area contributed by atoms with Crippen molar-refractivity contribution in [2.24, 2.45) is 0 Å².